The van der Waals surface area contributed by atoms with Gasteiger partial charge in [0, 0.05) is 7.05 Å². The Balaban J connectivity index is 0.000000266. The second-order valence-electron chi connectivity index (χ2n) is 5.18. The van der Waals surface area contributed by atoms with E-state index in [1.807, 2.05) is 30.3 Å². The normalized spacial score (nSPS) is 10.6. The third-order valence-electron chi connectivity index (χ3n) is 3.49. The molecule has 0 saturated heterocycles. The Morgan fingerprint density at radius 1 is 1.25 bits per heavy atom. The van der Waals surface area contributed by atoms with Gasteiger partial charge in [-0.2, -0.15) is 0 Å². The highest BCUT2D eigenvalue weighted by Crippen LogP contribution is 2.33. The lowest BCUT2D eigenvalue weighted by atomic mass is 10.0. The van der Waals surface area contributed by atoms with Gasteiger partial charge in [-0.05, 0) is 35.4 Å². The second kappa shape index (κ2) is 10.2. The molecule has 0 fully saturated rings. The van der Waals surface area contributed by atoms with E-state index in [0.29, 0.717) is 15.9 Å². The smallest absolute Gasteiger partial charge is 0.299 e. The van der Waals surface area contributed by atoms with Gasteiger partial charge in [-0.25, -0.2) is 9.97 Å². The summed E-state index contributed by atoms with van der Waals surface area (Å²) < 4.78 is 4.32. The minimum Gasteiger partial charge on any atom is -0.408 e. The van der Waals surface area contributed by atoms with Crippen LogP contribution in [0, 0.1) is 0 Å². The molecule has 0 spiro atoms. The molecule has 3 aromatic rings. The largest absolute Gasteiger partial charge is 0.408 e. The van der Waals surface area contributed by atoms with Crippen LogP contribution >= 0.6 is 23.2 Å². The summed E-state index contributed by atoms with van der Waals surface area (Å²) in [5.41, 5.74) is 11.1. The minimum absolute atomic E-state index is 0.160. The molecule has 0 atom stereocenters. The molecule has 28 heavy (non-hydrogen) atoms. The number of hydrogen-bond acceptors (Lipinski definition) is 7. The molecule has 0 radical (unpaired) electrons. The van der Waals surface area contributed by atoms with Crippen LogP contribution in [0.5, 0.6) is 0 Å². The van der Waals surface area contributed by atoms with E-state index in [2.05, 4.69) is 31.8 Å². The average Bonchev–Trinajstić information content (AvgIpc) is 2.70. The molecule has 0 aliphatic rings. The van der Waals surface area contributed by atoms with Crippen molar-refractivity contribution in [3.05, 3.63) is 65.4 Å². The number of anilines is 1. The molecular formula is C19H17Cl2N5O2. The van der Waals surface area contributed by atoms with Crippen LogP contribution in [0.15, 0.2) is 60.5 Å². The van der Waals surface area contributed by atoms with E-state index in [1.54, 1.807) is 13.1 Å². The molecule has 3 rings (SSSR count). The van der Waals surface area contributed by atoms with Crippen molar-refractivity contribution in [3.63, 3.8) is 0 Å². The van der Waals surface area contributed by atoms with Crippen molar-refractivity contribution in [3.8, 4) is 11.1 Å². The van der Waals surface area contributed by atoms with Crippen LogP contribution < -0.4 is 11.2 Å². The van der Waals surface area contributed by atoms with Gasteiger partial charge >= 0.3 is 0 Å². The number of halogens is 2. The Bertz CT molecular complexity index is 1020. The van der Waals surface area contributed by atoms with Crippen molar-refractivity contribution in [2.24, 2.45) is 5.10 Å². The zero-order valence-corrected chi connectivity index (χ0v) is 16.4. The highest BCUT2D eigenvalue weighted by molar-refractivity contribution is 6.42. The lowest BCUT2D eigenvalue weighted by molar-refractivity contribution is -0.121. The van der Waals surface area contributed by atoms with Crippen LogP contribution in [0.25, 0.3) is 22.0 Å². The van der Waals surface area contributed by atoms with E-state index in [-0.39, 0.29) is 12.4 Å². The van der Waals surface area contributed by atoms with Crippen LogP contribution in [0.1, 0.15) is 0 Å². The van der Waals surface area contributed by atoms with Crippen molar-refractivity contribution >= 4 is 52.3 Å². The number of hydrazone groups is 1. The number of nitrogens with one attached hydrogen (secondary N) is 1. The lowest BCUT2D eigenvalue weighted by Crippen LogP contribution is -2.05. The Labute approximate surface area is 171 Å². The predicted octanol–water partition coefficient (Wildman–Crippen LogP) is 4.06. The number of carbonyl (C=O) groups excluding carboxylic acids is 1. The van der Waals surface area contributed by atoms with Crippen molar-refractivity contribution in [2.75, 3.05) is 12.8 Å². The Morgan fingerprint density at radius 3 is 2.68 bits per heavy atom. The number of carbonyl (C=O) groups is 1. The first-order chi connectivity index (χ1) is 13.5. The molecule has 2 aromatic carbocycles. The van der Waals surface area contributed by atoms with Crippen molar-refractivity contribution in [2.45, 2.75) is 0 Å². The molecule has 9 heteroatoms. The Morgan fingerprint density at radius 2 is 2.04 bits per heavy atom. The minimum atomic E-state index is 0.160. The number of ether oxygens (including phenoxy) is 1. The number of benzene rings is 2. The molecule has 0 unspecified atom stereocenters. The SMILES string of the molecule is C=C/C(=N/NC)OC=O.Nc1ncnc2cccc(-c3ccc(Cl)c(Cl)c3)c12. The van der Waals surface area contributed by atoms with Crippen LogP contribution in [-0.4, -0.2) is 29.4 Å². The second-order valence-corrected chi connectivity index (χ2v) is 5.99. The molecule has 0 saturated carbocycles. The number of fused-ring (bicyclic) bond motifs is 1. The average molecular weight is 418 g/mol. The third-order valence-corrected chi connectivity index (χ3v) is 4.23. The highest BCUT2D eigenvalue weighted by atomic mass is 35.5. The maximum absolute atomic E-state index is 9.67. The molecular weight excluding hydrogens is 401 g/mol. The van der Waals surface area contributed by atoms with Crippen LogP contribution in [0.4, 0.5) is 5.82 Å². The number of rotatable bonds is 4. The standard InChI is InChI=1S/C14H9Cl2N3.C5H8N2O2/c15-10-5-4-8(6-11(10)16)9-2-1-3-12-13(9)14(17)19-7-18-12;1-3-5(7-6-2)9-4-8/h1-7H,(H2,17,18,19);3-4,6H,1H2,2H3/b;7-5-. The van der Waals surface area contributed by atoms with Crippen molar-refractivity contribution in [1.82, 2.24) is 15.4 Å². The van der Waals surface area contributed by atoms with Gasteiger partial charge in [0.2, 0.25) is 5.90 Å². The predicted molar refractivity (Wildman–Crippen MR) is 113 cm³/mol. The number of hydrogen-bond donors (Lipinski definition) is 2. The van der Waals surface area contributed by atoms with Gasteiger partial charge in [-0.3, -0.25) is 4.79 Å². The van der Waals surface area contributed by atoms with Gasteiger partial charge in [0.1, 0.15) is 12.1 Å². The maximum atomic E-state index is 9.67. The third kappa shape index (κ3) is 5.18. The topological polar surface area (TPSA) is 102 Å². The van der Waals surface area contributed by atoms with E-state index in [4.69, 9.17) is 28.9 Å². The molecule has 1 heterocycles. The maximum Gasteiger partial charge on any atom is 0.299 e. The molecule has 0 amide bonds. The summed E-state index contributed by atoms with van der Waals surface area (Å²) in [6.07, 6.45) is 2.78. The Hall–Kier alpha value is -3.16. The summed E-state index contributed by atoms with van der Waals surface area (Å²) >= 11 is 12.0. The van der Waals surface area contributed by atoms with Crippen LogP contribution in [-0.2, 0) is 9.53 Å². The van der Waals surface area contributed by atoms with Gasteiger partial charge in [0.05, 0.1) is 20.9 Å². The number of nitrogens with zero attached hydrogens (tertiary/aromatic N) is 3. The van der Waals surface area contributed by atoms with Crippen LogP contribution in [0.2, 0.25) is 10.0 Å². The number of nitrogens with two attached hydrogens (primary N) is 1. The van der Waals surface area contributed by atoms with E-state index >= 15 is 0 Å². The highest BCUT2D eigenvalue weighted by Gasteiger charge is 2.09. The zero-order chi connectivity index (χ0) is 20.5. The zero-order valence-electron chi connectivity index (χ0n) is 14.9. The summed E-state index contributed by atoms with van der Waals surface area (Å²) in [6.45, 7) is 3.63. The van der Waals surface area contributed by atoms with E-state index in [0.717, 1.165) is 22.0 Å². The lowest BCUT2D eigenvalue weighted by Gasteiger charge is -2.08. The number of nitrogen functional groups attached to an aromatic ring is 1. The first-order valence-electron chi connectivity index (χ1n) is 7.93. The Kier molecular flexibility index (Phi) is 7.74. The fourth-order valence-electron chi connectivity index (χ4n) is 2.32. The fourth-order valence-corrected chi connectivity index (χ4v) is 2.62. The van der Waals surface area contributed by atoms with E-state index in [9.17, 15) is 4.79 Å². The van der Waals surface area contributed by atoms with E-state index < -0.39 is 0 Å². The summed E-state index contributed by atoms with van der Waals surface area (Å²) in [4.78, 5) is 17.9. The monoisotopic (exact) mass is 417 g/mol. The van der Waals surface area contributed by atoms with Crippen molar-refractivity contribution in [1.29, 1.82) is 0 Å². The van der Waals surface area contributed by atoms with E-state index in [1.165, 1.54) is 12.4 Å². The first-order valence-corrected chi connectivity index (χ1v) is 8.69. The summed E-state index contributed by atoms with van der Waals surface area (Å²) in [6, 6.07) is 11.3. The van der Waals surface area contributed by atoms with Gasteiger partial charge < -0.3 is 15.9 Å². The molecule has 1 aromatic heterocycles. The number of aromatic nitrogens is 2. The van der Waals surface area contributed by atoms with Crippen LogP contribution in [0.3, 0.4) is 0 Å². The van der Waals surface area contributed by atoms with Gasteiger partial charge in [0.15, 0.2) is 0 Å². The molecule has 0 bridgehead atoms. The van der Waals surface area contributed by atoms with Crippen molar-refractivity contribution < 1.29 is 9.53 Å². The van der Waals surface area contributed by atoms with Gasteiger partial charge in [-0.1, -0.05) is 48.0 Å². The van der Waals surface area contributed by atoms with Gasteiger partial charge in [-0.15, -0.1) is 5.10 Å². The summed E-state index contributed by atoms with van der Waals surface area (Å²) in [5.74, 6) is 0.610. The molecule has 3 N–H and O–H groups in total. The quantitative estimate of drug-likeness (QED) is 0.287. The first kappa shape index (κ1) is 21.1. The summed E-state index contributed by atoms with van der Waals surface area (Å²) in [7, 11) is 1.59. The molecule has 0 aliphatic heterocycles. The molecule has 7 nitrogen and oxygen atoms in total. The molecule has 0 aliphatic carbocycles. The fraction of sp³-hybridized carbons (Fsp3) is 0.0526. The summed E-state index contributed by atoms with van der Waals surface area (Å²) in [5, 5.41) is 5.38. The molecule has 144 valence electrons. The van der Waals surface area contributed by atoms with Gasteiger partial charge in [0.25, 0.3) is 6.47 Å².